The molecule has 1 aromatic heterocycles. The molecule has 0 aliphatic rings. The van der Waals surface area contributed by atoms with Gasteiger partial charge in [-0.25, -0.2) is 4.98 Å². The minimum atomic E-state index is 0.564. The van der Waals surface area contributed by atoms with E-state index < -0.39 is 0 Å². The highest BCUT2D eigenvalue weighted by Gasteiger charge is 2.03. The van der Waals surface area contributed by atoms with E-state index in [-0.39, 0.29) is 0 Å². The molecule has 0 unspecified atom stereocenters. The van der Waals surface area contributed by atoms with E-state index in [0.29, 0.717) is 11.7 Å². The Morgan fingerprint density at radius 1 is 1.16 bits per heavy atom. The number of aryl methyl sites for hydroxylation is 2. The Bertz CT molecular complexity index is 887. The van der Waals surface area contributed by atoms with Crippen LogP contribution in [0, 0.1) is 13.8 Å². The zero-order valence-corrected chi connectivity index (χ0v) is 15.7. The highest BCUT2D eigenvalue weighted by molar-refractivity contribution is 7.80. The Labute approximate surface area is 157 Å². The van der Waals surface area contributed by atoms with Crippen LogP contribution in [0.5, 0.6) is 0 Å². The molecular formula is C19H19ClN4S. The molecule has 0 bridgehead atoms. The van der Waals surface area contributed by atoms with Gasteiger partial charge >= 0.3 is 0 Å². The summed E-state index contributed by atoms with van der Waals surface area (Å²) in [6.07, 6.45) is 3.75. The number of rotatable bonds is 4. The van der Waals surface area contributed by atoms with E-state index in [2.05, 4.69) is 39.9 Å². The van der Waals surface area contributed by atoms with Crippen molar-refractivity contribution in [2.45, 2.75) is 20.4 Å². The predicted octanol–water partition coefficient (Wildman–Crippen LogP) is 4.63. The Hall–Kier alpha value is -2.37. The molecule has 25 heavy (non-hydrogen) atoms. The van der Waals surface area contributed by atoms with Crippen LogP contribution in [0.4, 0.5) is 5.69 Å². The van der Waals surface area contributed by atoms with Crippen molar-refractivity contribution in [2.75, 3.05) is 5.32 Å². The molecule has 3 rings (SSSR count). The topological polar surface area (TPSA) is 41.9 Å². The number of hydrogen-bond donors (Lipinski definition) is 2. The van der Waals surface area contributed by atoms with Crippen LogP contribution >= 0.6 is 23.8 Å². The molecule has 0 spiro atoms. The third-order valence-corrected chi connectivity index (χ3v) is 4.58. The molecule has 0 atom stereocenters. The number of thiocarbonyl (C=S) groups is 1. The van der Waals surface area contributed by atoms with E-state index in [9.17, 15) is 0 Å². The molecule has 3 aromatic rings. The first kappa shape index (κ1) is 17.5. The summed E-state index contributed by atoms with van der Waals surface area (Å²) < 4.78 is 2.05. The fourth-order valence-corrected chi connectivity index (χ4v) is 2.82. The molecule has 4 nitrogen and oxygen atoms in total. The molecule has 6 heteroatoms. The molecule has 0 saturated carbocycles. The highest BCUT2D eigenvalue weighted by atomic mass is 35.5. The van der Waals surface area contributed by atoms with Crippen LogP contribution in [0.3, 0.4) is 0 Å². The van der Waals surface area contributed by atoms with Crippen LogP contribution in [0.15, 0.2) is 54.9 Å². The van der Waals surface area contributed by atoms with Gasteiger partial charge in [-0.1, -0.05) is 29.8 Å². The molecule has 2 aromatic carbocycles. The van der Waals surface area contributed by atoms with Crippen molar-refractivity contribution < 1.29 is 0 Å². The number of halogens is 1. The van der Waals surface area contributed by atoms with Crippen molar-refractivity contribution in [3.63, 3.8) is 0 Å². The molecule has 0 saturated heterocycles. The summed E-state index contributed by atoms with van der Waals surface area (Å²) in [6, 6.07) is 14.1. The number of benzene rings is 2. The SMILES string of the molecule is Cc1ccc(NC(=S)NCc2ccc(-n3ccnc3C)cc2)cc1Cl. The van der Waals surface area contributed by atoms with E-state index >= 15 is 0 Å². The van der Waals surface area contributed by atoms with Crippen molar-refractivity contribution >= 4 is 34.6 Å². The fourth-order valence-electron chi connectivity index (χ4n) is 2.45. The molecule has 1 heterocycles. The Kier molecular flexibility index (Phi) is 5.36. The van der Waals surface area contributed by atoms with Crippen LogP contribution in [-0.2, 0) is 6.54 Å². The Morgan fingerprint density at radius 2 is 1.92 bits per heavy atom. The van der Waals surface area contributed by atoms with E-state index in [1.165, 1.54) is 0 Å². The second-order valence-electron chi connectivity index (χ2n) is 5.78. The third kappa shape index (κ3) is 4.38. The van der Waals surface area contributed by atoms with Gasteiger partial charge in [0.25, 0.3) is 0 Å². The van der Waals surface area contributed by atoms with Gasteiger partial charge in [-0.2, -0.15) is 0 Å². The fraction of sp³-hybridized carbons (Fsp3) is 0.158. The standard InChI is InChI=1S/C19H19ClN4S/c1-13-3-6-16(11-18(13)20)23-19(25)22-12-15-4-7-17(8-5-15)24-10-9-21-14(24)2/h3-11H,12H2,1-2H3,(H2,22,23,25). The molecule has 0 fully saturated rings. The van der Waals surface area contributed by atoms with Gasteiger partial charge in [0.1, 0.15) is 5.82 Å². The zero-order chi connectivity index (χ0) is 17.8. The second kappa shape index (κ2) is 7.68. The van der Waals surface area contributed by atoms with Gasteiger partial charge in [0.05, 0.1) is 0 Å². The Balaban J connectivity index is 1.57. The van der Waals surface area contributed by atoms with Gasteiger partial charge in [-0.05, 0) is 61.5 Å². The van der Waals surface area contributed by atoms with E-state index in [4.69, 9.17) is 23.8 Å². The largest absolute Gasteiger partial charge is 0.358 e. The zero-order valence-electron chi connectivity index (χ0n) is 14.1. The molecule has 0 aliphatic carbocycles. The lowest BCUT2D eigenvalue weighted by Crippen LogP contribution is -2.27. The minimum absolute atomic E-state index is 0.564. The predicted molar refractivity (Wildman–Crippen MR) is 108 cm³/mol. The number of nitrogens with zero attached hydrogens (tertiary/aromatic N) is 2. The summed E-state index contributed by atoms with van der Waals surface area (Å²) in [7, 11) is 0. The summed E-state index contributed by atoms with van der Waals surface area (Å²) >= 11 is 11.5. The Morgan fingerprint density at radius 3 is 2.56 bits per heavy atom. The van der Waals surface area contributed by atoms with Crippen molar-refractivity contribution in [1.29, 1.82) is 0 Å². The number of anilines is 1. The molecule has 0 radical (unpaired) electrons. The van der Waals surface area contributed by atoms with Gasteiger partial charge in [-0.15, -0.1) is 0 Å². The lowest BCUT2D eigenvalue weighted by Gasteiger charge is -2.12. The number of imidazole rings is 1. The van der Waals surface area contributed by atoms with Crippen LogP contribution < -0.4 is 10.6 Å². The van der Waals surface area contributed by atoms with Gasteiger partial charge in [-0.3, -0.25) is 0 Å². The maximum Gasteiger partial charge on any atom is 0.171 e. The molecule has 2 N–H and O–H groups in total. The first-order valence-corrected chi connectivity index (χ1v) is 8.72. The van der Waals surface area contributed by atoms with Gasteiger partial charge in [0, 0.05) is 35.3 Å². The van der Waals surface area contributed by atoms with Crippen molar-refractivity contribution in [3.8, 4) is 5.69 Å². The summed E-state index contributed by atoms with van der Waals surface area (Å²) in [6.45, 7) is 4.60. The van der Waals surface area contributed by atoms with Crippen LogP contribution in [0.25, 0.3) is 5.69 Å². The normalized spacial score (nSPS) is 10.5. The monoisotopic (exact) mass is 370 g/mol. The summed E-state index contributed by atoms with van der Waals surface area (Å²) in [4.78, 5) is 4.24. The van der Waals surface area contributed by atoms with Crippen LogP contribution in [0.2, 0.25) is 5.02 Å². The molecule has 0 aliphatic heterocycles. The highest BCUT2D eigenvalue weighted by Crippen LogP contribution is 2.19. The summed E-state index contributed by atoms with van der Waals surface area (Å²) in [5, 5.41) is 7.63. The van der Waals surface area contributed by atoms with Gasteiger partial charge < -0.3 is 15.2 Å². The van der Waals surface area contributed by atoms with Crippen LogP contribution in [0.1, 0.15) is 17.0 Å². The van der Waals surface area contributed by atoms with Crippen molar-refractivity contribution in [1.82, 2.24) is 14.9 Å². The lowest BCUT2D eigenvalue weighted by molar-refractivity contribution is 0.920. The number of hydrogen-bond acceptors (Lipinski definition) is 2. The number of nitrogens with one attached hydrogen (secondary N) is 2. The van der Waals surface area contributed by atoms with E-state index in [1.54, 1.807) is 6.20 Å². The smallest absolute Gasteiger partial charge is 0.171 e. The lowest BCUT2D eigenvalue weighted by atomic mass is 10.2. The van der Waals surface area contributed by atoms with Crippen LogP contribution in [-0.4, -0.2) is 14.7 Å². The molecule has 0 amide bonds. The average molecular weight is 371 g/mol. The summed E-state index contributed by atoms with van der Waals surface area (Å²) in [5.41, 5.74) is 4.15. The number of aromatic nitrogens is 2. The van der Waals surface area contributed by atoms with E-state index in [0.717, 1.165) is 33.3 Å². The van der Waals surface area contributed by atoms with Gasteiger partial charge in [0.15, 0.2) is 5.11 Å². The minimum Gasteiger partial charge on any atom is -0.358 e. The second-order valence-corrected chi connectivity index (χ2v) is 6.60. The maximum atomic E-state index is 6.13. The van der Waals surface area contributed by atoms with Crippen molar-refractivity contribution in [3.05, 3.63) is 76.8 Å². The average Bonchev–Trinajstić information content (AvgIpc) is 3.03. The third-order valence-electron chi connectivity index (χ3n) is 3.92. The van der Waals surface area contributed by atoms with E-state index in [1.807, 2.05) is 42.8 Å². The first-order valence-electron chi connectivity index (χ1n) is 7.93. The maximum absolute atomic E-state index is 6.13. The van der Waals surface area contributed by atoms with Crippen molar-refractivity contribution in [2.24, 2.45) is 0 Å². The van der Waals surface area contributed by atoms with Gasteiger partial charge in [0.2, 0.25) is 0 Å². The molecule has 128 valence electrons. The summed E-state index contributed by atoms with van der Waals surface area (Å²) in [5.74, 6) is 0.966. The first-order chi connectivity index (χ1) is 12.0. The quantitative estimate of drug-likeness (QED) is 0.657. The molecular weight excluding hydrogens is 352 g/mol.